The van der Waals surface area contributed by atoms with Crippen molar-refractivity contribution in [3.8, 4) is 0 Å². The average Bonchev–Trinajstić information content (AvgIpc) is 3.33. The van der Waals surface area contributed by atoms with Crippen LogP contribution in [0, 0.1) is 0 Å². The van der Waals surface area contributed by atoms with Gasteiger partial charge in [0, 0.05) is 43.3 Å². The first kappa shape index (κ1) is 15.0. The highest BCUT2D eigenvalue weighted by atomic mass is 16.2. The molecule has 1 aromatic carbocycles. The number of nitrogens with one attached hydrogen (secondary N) is 2. The molecule has 1 aliphatic heterocycles. The van der Waals surface area contributed by atoms with E-state index < -0.39 is 0 Å². The molecule has 5 heteroatoms. The lowest BCUT2D eigenvalue weighted by Crippen LogP contribution is -2.45. The molecule has 0 radical (unpaired) electrons. The van der Waals surface area contributed by atoms with Crippen molar-refractivity contribution in [1.29, 1.82) is 0 Å². The number of likely N-dealkylation sites (tertiary alicyclic amines) is 1. The van der Waals surface area contributed by atoms with E-state index in [-0.39, 0.29) is 17.9 Å². The van der Waals surface area contributed by atoms with Gasteiger partial charge in [0.25, 0.3) is 5.91 Å². The minimum atomic E-state index is -0.111. The third-order valence-corrected chi connectivity index (χ3v) is 4.40. The number of hydrogen-bond donors (Lipinski definition) is 2. The lowest BCUT2D eigenvalue weighted by atomic mass is 10.0. The van der Waals surface area contributed by atoms with Crippen LogP contribution in [0.1, 0.15) is 43.0 Å². The molecule has 22 heavy (non-hydrogen) atoms. The van der Waals surface area contributed by atoms with Crippen LogP contribution < -0.4 is 10.6 Å². The van der Waals surface area contributed by atoms with Crippen molar-refractivity contribution in [2.75, 3.05) is 18.4 Å². The number of carbonyl (C=O) groups is 2. The van der Waals surface area contributed by atoms with Gasteiger partial charge >= 0.3 is 0 Å². The van der Waals surface area contributed by atoms with Crippen LogP contribution in [0.3, 0.4) is 0 Å². The summed E-state index contributed by atoms with van der Waals surface area (Å²) in [6.45, 7) is 3.66. The Hall–Kier alpha value is -1.88. The molecule has 2 N–H and O–H groups in total. The average molecular weight is 301 g/mol. The Balaban J connectivity index is 1.50. The molecule has 3 rings (SSSR count). The zero-order valence-corrected chi connectivity index (χ0v) is 13.0. The highest BCUT2D eigenvalue weighted by Gasteiger charge is 2.32. The molecule has 0 atom stereocenters. The number of benzene rings is 1. The molecule has 1 aliphatic carbocycles. The summed E-state index contributed by atoms with van der Waals surface area (Å²) in [5.41, 5.74) is 1.35. The van der Waals surface area contributed by atoms with Gasteiger partial charge in [0.1, 0.15) is 0 Å². The molecule has 1 saturated heterocycles. The van der Waals surface area contributed by atoms with E-state index in [0.29, 0.717) is 11.3 Å². The van der Waals surface area contributed by atoms with Crippen molar-refractivity contribution in [2.45, 2.75) is 44.7 Å². The van der Waals surface area contributed by atoms with Crippen molar-refractivity contribution >= 4 is 17.5 Å². The molecule has 1 saturated carbocycles. The molecule has 2 amide bonds. The van der Waals surface area contributed by atoms with Gasteiger partial charge in [0.05, 0.1) is 0 Å². The van der Waals surface area contributed by atoms with E-state index >= 15 is 0 Å². The van der Waals surface area contributed by atoms with Crippen molar-refractivity contribution in [3.63, 3.8) is 0 Å². The maximum Gasteiger partial charge on any atom is 0.251 e. The number of carbonyl (C=O) groups excluding carboxylic acids is 2. The van der Waals surface area contributed by atoms with E-state index in [2.05, 4.69) is 15.5 Å². The molecule has 0 bridgehead atoms. The first-order chi connectivity index (χ1) is 10.6. The van der Waals surface area contributed by atoms with E-state index in [1.54, 1.807) is 24.3 Å². The van der Waals surface area contributed by atoms with Gasteiger partial charge in [0.2, 0.25) is 5.91 Å². The SMILES string of the molecule is CC(=O)Nc1ccc(C(=O)NC2CCN(C3CC3)CC2)cc1. The van der Waals surface area contributed by atoms with E-state index in [1.165, 1.54) is 19.8 Å². The molecule has 0 aromatic heterocycles. The van der Waals surface area contributed by atoms with Crippen molar-refractivity contribution < 1.29 is 9.59 Å². The molecule has 1 aromatic rings. The van der Waals surface area contributed by atoms with Crippen LogP contribution in [-0.4, -0.2) is 41.9 Å². The predicted molar refractivity (Wildman–Crippen MR) is 85.8 cm³/mol. The standard InChI is InChI=1S/C17H23N3O2/c1-12(21)18-14-4-2-13(3-5-14)17(22)19-15-8-10-20(11-9-15)16-6-7-16/h2-5,15-16H,6-11H2,1H3,(H,18,21)(H,19,22). The third kappa shape index (κ3) is 3.85. The zero-order valence-electron chi connectivity index (χ0n) is 13.0. The third-order valence-electron chi connectivity index (χ3n) is 4.40. The number of nitrogens with zero attached hydrogens (tertiary/aromatic N) is 1. The van der Waals surface area contributed by atoms with Gasteiger partial charge in [-0.3, -0.25) is 9.59 Å². The highest BCUT2D eigenvalue weighted by molar-refractivity contribution is 5.95. The molecule has 5 nitrogen and oxygen atoms in total. The second kappa shape index (κ2) is 6.48. The molecular weight excluding hydrogens is 278 g/mol. The Morgan fingerprint density at radius 1 is 1.05 bits per heavy atom. The first-order valence-electron chi connectivity index (χ1n) is 8.04. The van der Waals surface area contributed by atoms with E-state index in [0.717, 1.165) is 32.0 Å². The summed E-state index contributed by atoms with van der Waals surface area (Å²) in [5.74, 6) is -0.140. The fourth-order valence-corrected chi connectivity index (χ4v) is 3.03. The summed E-state index contributed by atoms with van der Waals surface area (Å²) in [7, 11) is 0. The smallest absolute Gasteiger partial charge is 0.251 e. The van der Waals surface area contributed by atoms with E-state index in [4.69, 9.17) is 0 Å². The second-order valence-electron chi connectivity index (χ2n) is 6.27. The summed E-state index contributed by atoms with van der Waals surface area (Å²) in [4.78, 5) is 25.8. The van der Waals surface area contributed by atoms with Crippen molar-refractivity contribution in [1.82, 2.24) is 10.2 Å². The van der Waals surface area contributed by atoms with Gasteiger partial charge in [0.15, 0.2) is 0 Å². The van der Waals surface area contributed by atoms with Crippen molar-refractivity contribution in [3.05, 3.63) is 29.8 Å². The first-order valence-corrected chi connectivity index (χ1v) is 8.04. The summed E-state index contributed by atoms with van der Waals surface area (Å²) >= 11 is 0. The normalized spacial score (nSPS) is 19.7. The van der Waals surface area contributed by atoms with Crippen LogP contribution in [0.2, 0.25) is 0 Å². The highest BCUT2D eigenvalue weighted by Crippen LogP contribution is 2.29. The van der Waals surface area contributed by atoms with Gasteiger partial charge in [-0.2, -0.15) is 0 Å². The van der Waals surface area contributed by atoms with E-state index in [1.807, 2.05) is 0 Å². The molecule has 1 heterocycles. The second-order valence-corrected chi connectivity index (χ2v) is 6.27. The topological polar surface area (TPSA) is 61.4 Å². The Kier molecular flexibility index (Phi) is 4.43. The van der Waals surface area contributed by atoms with Crippen LogP contribution in [0.5, 0.6) is 0 Å². The van der Waals surface area contributed by atoms with Gasteiger partial charge in [-0.1, -0.05) is 0 Å². The molecular formula is C17H23N3O2. The van der Waals surface area contributed by atoms with Gasteiger partial charge in [-0.25, -0.2) is 0 Å². The lowest BCUT2D eigenvalue weighted by molar-refractivity contribution is -0.114. The molecule has 0 spiro atoms. The van der Waals surface area contributed by atoms with Crippen LogP contribution >= 0.6 is 0 Å². The number of amides is 2. The minimum Gasteiger partial charge on any atom is -0.349 e. The van der Waals surface area contributed by atoms with Gasteiger partial charge < -0.3 is 15.5 Å². The quantitative estimate of drug-likeness (QED) is 0.894. The van der Waals surface area contributed by atoms with Crippen LogP contribution in [-0.2, 0) is 4.79 Å². The zero-order chi connectivity index (χ0) is 15.5. The van der Waals surface area contributed by atoms with Gasteiger partial charge in [-0.05, 0) is 49.9 Å². The Bertz CT molecular complexity index is 544. The largest absolute Gasteiger partial charge is 0.349 e. The Morgan fingerprint density at radius 3 is 2.23 bits per heavy atom. The minimum absolute atomic E-state index is 0.0285. The van der Waals surface area contributed by atoms with E-state index in [9.17, 15) is 9.59 Å². The number of rotatable bonds is 4. The summed E-state index contributed by atoms with van der Waals surface area (Å²) in [6.07, 6.45) is 4.76. The molecule has 118 valence electrons. The molecule has 0 unspecified atom stereocenters. The fraction of sp³-hybridized carbons (Fsp3) is 0.529. The number of hydrogen-bond acceptors (Lipinski definition) is 3. The number of anilines is 1. The summed E-state index contributed by atoms with van der Waals surface area (Å²) < 4.78 is 0. The predicted octanol–water partition coefficient (Wildman–Crippen LogP) is 2.00. The Labute approximate surface area is 131 Å². The number of piperidine rings is 1. The van der Waals surface area contributed by atoms with Crippen LogP contribution in [0.4, 0.5) is 5.69 Å². The van der Waals surface area contributed by atoms with Crippen LogP contribution in [0.15, 0.2) is 24.3 Å². The monoisotopic (exact) mass is 301 g/mol. The maximum atomic E-state index is 12.3. The molecule has 2 fully saturated rings. The summed E-state index contributed by atoms with van der Waals surface area (Å²) in [6, 6.07) is 8.10. The van der Waals surface area contributed by atoms with Crippen LogP contribution in [0.25, 0.3) is 0 Å². The molecule has 2 aliphatic rings. The Morgan fingerprint density at radius 2 is 1.68 bits per heavy atom. The maximum absolute atomic E-state index is 12.3. The van der Waals surface area contributed by atoms with Gasteiger partial charge in [-0.15, -0.1) is 0 Å². The van der Waals surface area contributed by atoms with Crippen molar-refractivity contribution in [2.24, 2.45) is 0 Å². The fourth-order valence-electron chi connectivity index (χ4n) is 3.03. The lowest BCUT2D eigenvalue weighted by Gasteiger charge is -2.32. The summed E-state index contributed by atoms with van der Waals surface area (Å²) in [5, 5.41) is 5.82.